The van der Waals surface area contributed by atoms with Crippen LogP contribution >= 0.6 is 12.4 Å². The van der Waals surface area contributed by atoms with Gasteiger partial charge in [0.05, 0.1) is 6.33 Å². The van der Waals surface area contributed by atoms with E-state index in [-0.39, 0.29) is 24.2 Å². The van der Waals surface area contributed by atoms with Crippen LogP contribution in [0.2, 0.25) is 0 Å². The second-order valence-electron chi connectivity index (χ2n) is 4.55. The number of Topliss-reactive ketones (excluding diaryl/α,β-unsaturated/α-hetero) is 1. The zero-order valence-electron chi connectivity index (χ0n) is 11.3. The van der Waals surface area contributed by atoms with Gasteiger partial charge in [-0.15, -0.1) is 12.4 Å². The summed E-state index contributed by atoms with van der Waals surface area (Å²) >= 11 is 0. The molecule has 1 atom stereocenters. The lowest BCUT2D eigenvalue weighted by Crippen LogP contribution is -2.20. The fourth-order valence-electron chi connectivity index (χ4n) is 2.28. The van der Waals surface area contributed by atoms with Gasteiger partial charge in [-0.2, -0.15) is 0 Å². The number of halogens is 1. The van der Waals surface area contributed by atoms with Crippen LogP contribution < -0.4 is 0 Å². The van der Waals surface area contributed by atoms with E-state index in [1.165, 1.54) is 0 Å². The first-order valence-corrected chi connectivity index (χ1v) is 6.48. The fourth-order valence-corrected chi connectivity index (χ4v) is 2.28. The van der Waals surface area contributed by atoms with Gasteiger partial charge in [-0.3, -0.25) is 4.79 Å². The Balaban J connectivity index is 0.00000161. The molecule has 0 radical (unpaired) electrons. The van der Waals surface area contributed by atoms with Crippen LogP contribution in [0.15, 0.2) is 79.4 Å². The van der Waals surface area contributed by atoms with E-state index >= 15 is 0 Å². The molecule has 0 spiro atoms. The average Bonchev–Trinajstić information content (AvgIpc) is 3.03. The van der Waals surface area contributed by atoms with Crippen molar-refractivity contribution >= 4 is 18.2 Å². The van der Waals surface area contributed by atoms with E-state index in [2.05, 4.69) is 4.98 Å². The van der Waals surface area contributed by atoms with Gasteiger partial charge < -0.3 is 4.57 Å². The van der Waals surface area contributed by atoms with Crippen LogP contribution in [-0.2, 0) is 0 Å². The number of ketones is 1. The molecule has 106 valence electrons. The Morgan fingerprint density at radius 3 is 2.14 bits per heavy atom. The molecule has 0 fully saturated rings. The molecule has 0 saturated heterocycles. The Bertz CT molecular complexity index is 681. The maximum Gasteiger partial charge on any atom is 0.190 e. The first kappa shape index (κ1) is 15.0. The maximum absolute atomic E-state index is 12.8. The molecular formula is C17H15ClN2O. The summed E-state index contributed by atoms with van der Waals surface area (Å²) in [6, 6.07) is 18.7. The number of aromatic nitrogens is 2. The first-order valence-electron chi connectivity index (χ1n) is 6.48. The van der Waals surface area contributed by atoms with E-state index in [4.69, 9.17) is 0 Å². The van der Waals surface area contributed by atoms with Gasteiger partial charge in [-0.05, 0) is 5.56 Å². The molecule has 1 heterocycles. The topological polar surface area (TPSA) is 34.9 Å². The number of carbonyl (C=O) groups excluding carboxylic acids is 1. The molecule has 0 amide bonds. The van der Waals surface area contributed by atoms with Crippen molar-refractivity contribution in [2.75, 3.05) is 0 Å². The van der Waals surface area contributed by atoms with E-state index in [0.29, 0.717) is 5.56 Å². The lowest BCUT2D eigenvalue weighted by Gasteiger charge is -2.17. The van der Waals surface area contributed by atoms with Gasteiger partial charge in [0.1, 0.15) is 6.04 Å². The van der Waals surface area contributed by atoms with Gasteiger partial charge >= 0.3 is 0 Å². The van der Waals surface area contributed by atoms with Crippen LogP contribution in [-0.4, -0.2) is 15.3 Å². The summed E-state index contributed by atoms with van der Waals surface area (Å²) in [6.07, 6.45) is 5.19. The third-order valence-corrected chi connectivity index (χ3v) is 3.24. The zero-order valence-corrected chi connectivity index (χ0v) is 12.1. The molecule has 0 aliphatic carbocycles. The molecule has 4 heteroatoms. The van der Waals surface area contributed by atoms with Crippen molar-refractivity contribution in [3.8, 4) is 0 Å². The summed E-state index contributed by atoms with van der Waals surface area (Å²) in [7, 11) is 0. The molecule has 0 aliphatic rings. The van der Waals surface area contributed by atoms with E-state index in [9.17, 15) is 4.79 Å². The molecule has 3 nitrogen and oxygen atoms in total. The Labute approximate surface area is 129 Å². The molecule has 0 N–H and O–H groups in total. The largest absolute Gasteiger partial charge is 0.322 e. The van der Waals surface area contributed by atoms with Crippen molar-refractivity contribution in [1.82, 2.24) is 9.55 Å². The highest BCUT2D eigenvalue weighted by Crippen LogP contribution is 2.22. The van der Waals surface area contributed by atoms with Crippen LogP contribution in [0.25, 0.3) is 0 Å². The zero-order chi connectivity index (χ0) is 13.8. The predicted molar refractivity (Wildman–Crippen MR) is 84.8 cm³/mol. The van der Waals surface area contributed by atoms with Gasteiger partial charge in [0.2, 0.25) is 0 Å². The predicted octanol–water partition coefficient (Wildman–Crippen LogP) is 3.78. The highest BCUT2D eigenvalue weighted by Gasteiger charge is 2.22. The van der Waals surface area contributed by atoms with Crippen LogP contribution in [0.5, 0.6) is 0 Å². The van der Waals surface area contributed by atoms with Crippen LogP contribution in [0, 0.1) is 0 Å². The summed E-state index contributed by atoms with van der Waals surface area (Å²) in [6.45, 7) is 0. The van der Waals surface area contributed by atoms with Crippen molar-refractivity contribution in [1.29, 1.82) is 0 Å². The van der Waals surface area contributed by atoms with Gasteiger partial charge in [0.15, 0.2) is 5.78 Å². The van der Waals surface area contributed by atoms with Crippen molar-refractivity contribution in [3.05, 3.63) is 90.5 Å². The van der Waals surface area contributed by atoms with Crippen LogP contribution in [0.4, 0.5) is 0 Å². The van der Waals surface area contributed by atoms with E-state index in [0.717, 1.165) is 5.56 Å². The van der Waals surface area contributed by atoms with Crippen molar-refractivity contribution in [2.45, 2.75) is 6.04 Å². The van der Waals surface area contributed by atoms with Gasteiger partial charge in [0.25, 0.3) is 0 Å². The highest BCUT2D eigenvalue weighted by molar-refractivity contribution is 6.00. The number of carbonyl (C=O) groups is 1. The number of hydrogen-bond donors (Lipinski definition) is 0. The molecule has 3 rings (SSSR count). The van der Waals surface area contributed by atoms with E-state index in [1.807, 2.05) is 71.4 Å². The summed E-state index contributed by atoms with van der Waals surface area (Å²) in [5.41, 5.74) is 1.66. The lowest BCUT2D eigenvalue weighted by atomic mass is 9.97. The van der Waals surface area contributed by atoms with Crippen molar-refractivity contribution in [3.63, 3.8) is 0 Å². The number of nitrogens with zero attached hydrogens (tertiary/aromatic N) is 2. The first-order chi connectivity index (χ1) is 9.86. The van der Waals surface area contributed by atoms with Crippen LogP contribution in [0.3, 0.4) is 0 Å². The Morgan fingerprint density at radius 1 is 0.952 bits per heavy atom. The Morgan fingerprint density at radius 2 is 1.57 bits per heavy atom. The standard InChI is InChI=1S/C17H14N2O.ClH/c20-17(15-9-5-2-6-10-15)16(19-12-11-18-13-19)14-7-3-1-4-8-14;/h1-13,16H;1H. The minimum absolute atomic E-state index is 0. The average molecular weight is 299 g/mol. The smallest absolute Gasteiger partial charge is 0.190 e. The van der Waals surface area contributed by atoms with Crippen LogP contribution in [0.1, 0.15) is 22.0 Å². The maximum atomic E-state index is 12.8. The summed E-state index contributed by atoms with van der Waals surface area (Å²) < 4.78 is 1.84. The normalized spacial score (nSPS) is 11.4. The number of imidazole rings is 1. The second kappa shape index (κ2) is 6.86. The fraction of sp³-hybridized carbons (Fsp3) is 0.0588. The Hall–Kier alpha value is -2.39. The summed E-state index contributed by atoms with van der Waals surface area (Å²) in [4.78, 5) is 16.9. The summed E-state index contributed by atoms with van der Waals surface area (Å²) in [5.74, 6) is 0.0646. The molecule has 1 unspecified atom stereocenters. The van der Waals surface area contributed by atoms with Gasteiger partial charge in [-0.25, -0.2) is 4.98 Å². The molecule has 0 saturated carbocycles. The molecule has 3 aromatic rings. The third-order valence-electron chi connectivity index (χ3n) is 3.24. The lowest BCUT2D eigenvalue weighted by molar-refractivity contribution is 0.0946. The minimum atomic E-state index is -0.374. The number of benzene rings is 2. The monoisotopic (exact) mass is 298 g/mol. The quantitative estimate of drug-likeness (QED) is 0.687. The van der Waals surface area contributed by atoms with Gasteiger partial charge in [0, 0.05) is 18.0 Å². The second-order valence-corrected chi connectivity index (χ2v) is 4.55. The molecule has 21 heavy (non-hydrogen) atoms. The Kier molecular flexibility index (Phi) is 4.90. The molecular weight excluding hydrogens is 284 g/mol. The molecule has 1 aromatic heterocycles. The third kappa shape index (κ3) is 3.20. The minimum Gasteiger partial charge on any atom is -0.322 e. The highest BCUT2D eigenvalue weighted by atomic mass is 35.5. The van der Waals surface area contributed by atoms with Crippen molar-refractivity contribution in [2.24, 2.45) is 0 Å². The molecule has 0 bridgehead atoms. The number of rotatable bonds is 4. The van der Waals surface area contributed by atoms with E-state index < -0.39 is 0 Å². The molecule has 2 aromatic carbocycles. The number of hydrogen-bond acceptors (Lipinski definition) is 2. The molecule has 0 aliphatic heterocycles. The van der Waals surface area contributed by atoms with E-state index in [1.54, 1.807) is 12.5 Å². The summed E-state index contributed by atoms with van der Waals surface area (Å²) in [5, 5.41) is 0. The van der Waals surface area contributed by atoms with Gasteiger partial charge in [-0.1, -0.05) is 60.7 Å². The SMILES string of the molecule is Cl.O=C(c1ccccc1)C(c1ccccc1)n1ccnc1. The van der Waals surface area contributed by atoms with Crippen molar-refractivity contribution < 1.29 is 4.79 Å².